The monoisotopic (exact) mass is 460 g/mol. The quantitative estimate of drug-likeness (QED) is 0.271. The molecule has 1 saturated heterocycles. The van der Waals surface area contributed by atoms with Gasteiger partial charge in [-0.1, -0.05) is 37.3 Å². The average Bonchev–Trinajstić information content (AvgIpc) is 2.63. The molecule has 25 heavy (non-hydrogen) atoms. The van der Waals surface area contributed by atoms with Crippen molar-refractivity contribution in [2.75, 3.05) is 53.0 Å². The molecule has 1 aromatic rings. The fourth-order valence-electron chi connectivity index (χ4n) is 2.92. The number of halogens is 1. The number of rotatable bonds is 8. The van der Waals surface area contributed by atoms with Gasteiger partial charge in [-0.3, -0.25) is 9.89 Å². The van der Waals surface area contributed by atoms with Gasteiger partial charge in [-0.05, 0) is 24.3 Å². The number of aliphatic imine (C=N–C) groups is 1. The SMILES string of the molecule is CN=C(NCCCc1ccccc1)NCC(C)CN1CCOCC1.I. The number of hydrogen-bond donors (Lipinski definition) is 2. The largest absolute Gasteiger partial charge is 0.379 e. The van der Waals surface area contributed by atoms with E-state index in [0.717, 1.165) is 64.7 Å². The Balaban J connectivity index is 0.00000312. The van der Waals surface area contributed by atoms with Crippen molar-refractivity contribution >= 4 is 29.9 Å². The maximum absolute atomic E-state index is 5.40. The molecular weight excluding hydrogens is 427 g/mol. The second-order valence-corrected chi connectivity index (χ2v) is 6.49. The Morgan fingerprint density at radius 2 is 1.92 bits per heavy atom. The number of morpholine rings is 1. The molecule has 0 spiro atoms. The van der Waals surface area contributed by atoms with Crippen LogP contribution in [0.2, 0.25) is 0 Å². The minimum absolute atomic E-state index is 0. The second-order valence-electron chi connectivity index (χ2n) is 6.49. The lowest BCUT2D eigenvalue weighted by Gasteiger charge is -2.29. The lowest BCUT2D eigenvalue weighted by Crippen LogP contribution is -2.44. The molecule has 0 saturated carbocycles. The van der Waals surface area contributed by atoms with Crippen LogP contribution in [0.1, 0.15) is 18.9 Å². The first kappa shape index (κ1) is 22.2. The molecule has 1 aromatic carbocycles. The summed E-state index contributed by atoms with van der Waals surface area (Å²) in [6.07, 6.45) is 2.20. The molecule has 2 rings (SSSR count). The molecule has 5 nitrogen and oxygen atoms in total. The highest BCUT2D eigenvalue weighted by Crippen LogP contribution is 2.03. The first-order valence-electron chi connectivity index (χ1n) is 9.06. The minimum Gasteiger partial charge on any atom is -0.379 e. The van der Waals surface area contributed by atoms with Gasteiger partial charge in [0.25, 0.3) is 0 Å². The van der Waals surface area contributed by atoms with Crippen LogP contribution in [0, 0.1) is 5.92 Å². The first-order chi connectivity index (χ1) is 11.8. The van der Waals surface area contributed by atoms with Gasteiger partial charge in [-0.25, -0.2) is 0 Å². The van der Waals surface area contributed by atoms with E-state index in [1.54, 1.807) is 0 Å². The molecular formula is C19H33IN4O. The van der Waals surface area contributed by atoms with Gasteiger partial charge in [0.1, 0.15) is 0 Å². The first-order valence-corrected chi connectivity index (χ1v) is 9.06. The third-order valence-corrected chi connectivity index (χ3v) is 4.29. The van der Waals surface area contributed by atoms with Crippen LogP contribution in [0.5, 0.6) is 0 Å². The van der Waals surface area contributed by atoms with Gasteiger partial charge in [0.15, 0.2) is 5.96 Å². The summed E-state index contributed by atoms with van der Waals surface area (Å²) in [6, 6.07) is 10.6. The summed E-state index contributed by atoms with van der Waals surface area (Å²) in [6.45, 7) is 9.11. The van der Waals surface area contributed by atoms with Crippen molar-refractivity contribution in [3.8, 4) is 0 Å². The third kappa shape index (κ3) is 9.42. The summed E-state index contributed by atoms with van der Waals surface area (Å²) in [5, 5.41) is 6.84. The fourth-order valence-corrected chi connectivity index (χ4v) is 2.92. The second kappa shape index (κ2) is 13.4. The molecule has 1 heterocycles. The maximum Gasteiger partial charge on any atom is 0.190 e. The minimum atomic E-state index is 0. The molecule has 0 bridgehead atoms. The van der Waals surface area contributed by atoms with E-state index in [-0.39, 0.29) is 24.0 Å². The molecule has 6 heteroatoms. The summed E-state index contributed by atoms with van der Waals surface area (Å²) in [4.78, 5) is 6.79. The zero-order valence-corrected chi connectivity index (χ0v) is 17.9. The van der Waals surface area contributed by atoms with Crippen molar-refractivity contribution in [1.29, 1.82) is 0 Å². The Labute approximate surface area is 169 Å². The summed E-state index contributed by atoms with van der Waals surface area (Å²) >= 11 is 0. The van der Waals surface area contributed by atoms with Gasteiger partial charge in [-0.15, -0.1) is 24.0 Å². The lowest BCUT2D eigenvalue weighted by molar-refractivity contribution is 0.0320. The predicted octanol–water partition coefficient (Wildman–Crippen LogP) is 2.37. The van der Waals surface area contributed by atoms with Crippen molar-refractivity contribution < 1.29 is 4.74 Å². The van der Waals surface area contributed by atoms with Crippen LogP contribution in [0.15, 0.2) is 35.3 Å². The zero-order chi connectivity index (χ0) is 17.0. The maximum atomic E-state index is 5.40. The number of ether oxygens (including phenoxy) is 1. The number of benzene rings is 1. The lowest BCUT2D eigenvalue weighted by atomic mass is 10.1. The number of nitrogens with zero attached hydrogens (tertiary/aromatic N) is 2. The van der Waals surface area contributed by atoms with Crippen LogP contribution in [-0.2, 0) is 11.2 Å². The van der Waals surface area contributed by atoms with Crippen molar-refractivity contribution in [1.82, 2.24) is 15.5 Å². The summed E-state index contributed by atoms with van der Waals surface area (Å²) in [7, 11) is 1.83. The predicted molar refractivity (Wildman–Crippen MR) is 116 cm³/mol. The van der Waals surface area contributed by atoms with Crippen molar-refractivity contribution in [2.45, 2.75) is 19.8 Å². The number of nitrogens with one attached hydrogen (secondary N) is 2. The van der Waals surface area contributed by atoms with Crippen molar-refractivity contribution in [3.63, 3.8) is 0 Å². The summed E-state index contributed by atoms with van der Waals surface area (Å²) < 4.78 is 5.40. The van der Waals surface area contributed by atoms with Crippen LogP contribution < -0.4 is 10.6 Å². The van der Waals surface area contributed by atoms with Gasteiger partial charge >= 0.3 is 0 Å². The van der Waals surface area contributed by atoms with Crippen LogP contribution in [0.3, 0.4) is 0 Å². The smallest absolute Gasteiger partial charge is 0.190 e. The molecule has 0 aromatic heterocycles. The summed E-state index contributed by atoms with van der Waals surface area (Å²) in [5.74, 6) is 1.49. The van der Waals surface area contributed by atoms with Crippen LogP contribution in [0.25, 0.3) is 0 Å². The molecule has 1 aliphatic rings. The average molecular weight is 460 g/mol. The Hall–Kier alpha value is -0.860. The highest BCUT2D eigenvalue weighted by Gasteiger charge is 2.13. The fraction of sp³-hybridized carbons (Fsp3) is 0.632. The molecule has 142 valence electrons. The van der Waals surface area contributed by atoms with E-state index in [9.17, 15) is 0 Å². The van der Waals surface area contributed by atoms with Crippen LogP contribution >= 0.6 is 24.0 Å². The van der Waals surface area contributed by atoms with E-state index >= 15 is 0 Å². The van der Waals surface area contributed by atoms with Crippen LogP contribution in [-0.4, -0.2) is 63.8 Å². The standard InChI is InChI=1S/C19H32N4O.HI/c1-17(16-23-11-13-24-14-12-23)15-22-19(20-2)21-10-6-9-18-7-4-3-5-8-18;/h3-5,7-8,17H,6,9-16H2,1-2H3,(H2,20,21,22);1H. The molecule has 1 unspecified atom stereocenters. The Bertz CT molecular complexity index is 478. The van der Waals surface area contributed by atoms with E-state index in [1.807, 2.05) is 7.05 Å². The van der Waals surface area contributed by atoms with E-state index in [0.29, 0.717) is 5.92 Å². The molecule has 1 atom stereocenters. The van der Waals surface area contributed by atoms with Gasteiger partial charge in [0.2, 0.25) is 0 Å². The van der Waals surface area contributed by atoms with E-state index in [2.05, 4.69) is 57.8 Å². The Morgan fingerprint density at radius 3 is 2.60 bits per heavy atom. The van der Waals surface area contributed by atoms with Gasteiger partial charge in [0, 0.05) is 39.8 Å². The van der Waals surface area contributed by atoms with Crippen molar-refractivity contribution in [3.05, 3.63) is 35.9 Å². The zero-order valence-electron chi connectivity index (χ0n) is 15.5. The Morgan fingerprint density at radius 1 is 1.20 bits per heavy atom. The summed E-state index contributed by atoms with van der Waals surface area (Å²) in [5.41, 5.74) is 1.39. The normalized spacial score (nSPS) is 16.8. The van der Waals surface area contributed by atoms with E-state index in [1.165, 1.54) is 5.56 Å². The third-order valence-electron chi connectivity index (χ3n) is 4.29. The molecule has 0 aliphatic carbocycles. The number of hydrogen-bond acceptors (Lipinski definition) is 3. The highest BCUT2D eigenvalue weighted by atomic mass is 127. The molecule has 1 aliphatic heterocycles. The topological polar surface area (TPSA) is 48.9 Å². The molecule has 2 N–H and O–H groups in total. The molecule has 0 amide bonds. The van der Waals surface area contributed by atoms with E-state index in [4.69, 9.17) is 4.74 Å². The highest BCUT2D eigenvalue weighted by molar-refractivity contribution is 14.0. The number of guanidine groups is 1. The van der Waals surface area contributed by atoms with Crippen molar-refractivity contribution in [2.24, 2.45) is 10.9 Å². The van der Waals surface area contributed by atoms with E-state index < -0.39 is 0 Å². The van der Waals surface area contributed by atoms with Crippen LogP contribution in [0.4, 0.5) is 0 Å². The van der Waals surface area contributed by atoms with Gasteiger partial charge in [0.05, 0.1) is 13.2 Å². The molecule has 1 fully saturated rings. The van der Waals surface area contributed by atoms with Gasteiger partial charge in [-0.2, -0.15) is 0 Å². The van der Waals surface area contributed by atoms with Gasteiger partial charge < -0.3 is 15.4 Å². The number of aryl methyl sites for hydroxylation is 1. The Kier molecular flexibility index (Phi) is 11.9. The molecule has 0 radical (unpaired) electrons.